The van der Waals surface area contributed by atoms with Gasteiger partial charge in [-0.1, -0.05) is 41.4 Å². The quantitative estimate of drug-likeness (QED) is 0.379. The van der Waals surface area contributed by atoms with Crippen molar-refractivity contribution in [2.24, 2.45) is 0 Å². The van der Waals surface area contributed by atoms with Crippen molar-refractivity contribution in [3.63, 3.8) is 0 Å². The first-order chi connectivity index (χ1) is 17.5. The highest BCUT2D eigenvalue weighted by Gasteiger charge is 2.32. The van der Waals surface area contributed by atoms with E-state index < -0.39 is 40.2 Å². The predicted octanol–water partition coefficient (Wildman–Crippen LogP) is 4.88. The number of hydrogen-bond acceptors (Lipinski definition) is 4. The molecular weight excluding hydrogens is 540 g/mol. The Bertz CT molecular complexity index is 1350. The molecule has 0 heterocycles. The van der Waals surface area contributed by atoms with Crippen LogP contribution in [0.5, 0.6) is 0 Å². The number of likely N-dealkylation sites (N-methyl/N-ethyl adjacent to an activating group) is 1. The number of benzene rings is 3. The molecule has 3 aromatic rings. The summed E-state index contributed by atoms with van der Waals surface area (Å²) in [6, 6.07) is 16.2. The maximum Gasteiger partial charge on any atom is 0.264 e. The zero-order valence-electron chi connectivity index (χ0n) is 20.2. The topological polar surface area (TPSA) is 86.8 Å². The van der Waals surface area contributed by atoms with E-state index in [0.29, 0.717) is 17.1 Å². The summed E-state index contributed by atoms with van der Waals surface area (Å²) < 4.78 is 41.7. The summed E-state index contributed by atoms with van der Waals surface area (Å²) in [4.78, 5) is 27.5. The summed E-state index contributed by atoms with van der Waals surface area (Å²) >= 11 is 12.1. The van der Waals surface area contributed by atoms with Gasteiger partial charge in [0.2, 0.25) is 11.8 Å². The Morgan fingerprint density at radius 3 is 2.22 bits per heavy atom. The Morgan fingerprint density at radius 2 is 1.62 bits per heavy atom. The van der Waals surface area contributed by atoms with E-state index in [2.05, 4.69) is 5.32 Å². The van der Waals surface area contributed by atoms with Gasteiger partial charge in [-0.3, -0.25) is 13.9 Å². The van der Waals surface area contributed by atoms with Gasteiger partial charge in [-0.05, 0) is 74.0 Å². The summed E-state index contributed by atoms with van der Waals surface area (Å²) in [6.07, 6.45) is 0. The van der Waals surface area contributed by atoms with E-state index in [-0.39, 0.29) is 22.2 Å². The van der Waals surface area contributed by atoms with E-state index >= 15 is 0 Å². The third-order valence-corrected chi connectivity index (χ3v) is 7.84. The lowest BCUT2D eigenvalue weighted by Gasteiger charge is -2.32. The van der Waals surface area contributed by atoms with Gasteiger partial charge in [0.25, 0.3) is 10.0 Å². The van der Waals surface area contributed by atoms with Crippen molar-refractivity contribution in [1.82, 2.24) is 10.2 Å². The van der Waals surface area contributed by atoms with E-state index in [1.807, 2.05) is 0 Å². The molecule has 1 N–H and O–H groups in total. The third-order valence-electron chi connectivity index (χ3n) is 5.56. The minimum absolute atomic E-state index is 0.0399. The van der Waals surface area contributed by atoms with Crippen molar-refractivity contribution in [2.45, 2.75) is 31.3 Å². The molecule has 0 bridgehead atoms. The smallest absolute Gasteiger partial charge is 0.264 e. The van der Waals surface area contributed by atoms with Gasteiger partial charge in [-0.15, -0.1) is 0 Å². The van der Waals surface area contributed by atoms with E-state index in [1.165, 1.54) is 65.6 Å². The average molecular weight is 566 g/mol. The number of amides is 2. The Labute approximate surface area is 225 Å². The van der Waals surface area contributed by atoms with Crippen LogP contribution in [-0.2, 0) is 26.2 Å². The molecule has 7 nitrogen and oxygen atoms in total. The van der Waals surface area contributed by atoms with Crippen LogP contribution in [-0.4, -0.2) is 44.3 Å². The molecule has 0 radical (unpaired) electrons. The second-order valence-corrected chi connectivity index (χ2v) is 10.9. The van der Waals surface area contributed by atoms with Gasteiger partial charge in [0.15, 0.2) is 0 Å². The fourth-order valence-corrected chi connectivity index (χ4v) is 5.30. The van der Waals surface area contributed by atoms with Crippen molar-refractivity contribution in [3.8, 4) is 0 Å². The number of carbonyl (C=O) groups is 2. The highest BCUT2D eigenvalue weighted by Crippen LogP contribution is 2.27. The monoisotopic (exact) mass is 565 g/mol. The van der Waals surface area contributed by atoms with Crippen molar-refractivity contribution in [3.05, 3.63) is 94.2 Å². The zero-order chi connectivity index (χ0) is 27.2. The van der Waals surface area contributed by atoms with Gasteiger partial charge in [0, 0.05) is 23.1 Å². The molecule has 2 amide bonds. The van der Waals surface area contributed by atoms with Gasteiger partial charge >= 0.3 is 0 Å². The van der Waals surface area contributed by atoms with Crippen molar-refractivity contribution >= 4 is 50.7 Å². The minimum Gasteiger partial charge on any atom is -0.355 e. The van der Waals surface area contributed by atoms with Crippen molar-refractivity contribution < 1.29 is 22.4 Å². The summed E-state index contributed by atoms with van der Waals surface area (Å²) in [5.41, 5.74) is 0.740. The number of nitrogens with zero attached hydrogens (tertiary/aromatic N) is 2. The first-order valence-corrected chi connectivity index (χ1v) is 13.6. The molecule has 3 aromatic carbocycles. The number of sulfonamides is 1. The van der Waals surface area contributed by atoms with Crippen LogP contribution < -0.4 is 9.62 Å². The van der Waals surface area contributed by atoms with Gasteiger partial charge in [-0.2, -0.15) is 0 Å². The van der Waals surface area contributed by atoms with Crippen LogP contribution >= 0.6 is 23.2 Å². The zero-order valence-corrected chi connectivity index (χ0v) is 22.5. The van der Waals surface area contributed by atoms with Crippen LogP contribution in [0, 0.1) is 5.82 Å². The Morgan fingerprint density at radius 1 is 0.973 bits per heavy atom. The summed E-state index contributed by atoms with van der Waals surface area (Å²) in [5.74, 6) is -1.49. The van der Waals surface area contributed by atoms with E-state index in [0.717, 1.165) is 4.31 Å². The number of nitrogens with one attached hydrogen (secondary N) is 1. The fourth-order valence-electron chi connectivity index (χ4n) is 3.58. The van der Waals surface area contributed by atoms with Crippen LogP contribution in [0.4, 0.5) is 10.1 Å². The van der Waals surface area contributed by atoms with E-state index in [1.54, 1.807) is 26.0 Å². The van der Waals surface area contributed by atoms with Crippen LogP contribution in [0.3, 0.4) is 0 Å². The molecule has 1 atom stereocenters. The van der Waals surface area contributed by atoms with Crippen LogP contribution in [0.1, 0.15) is 19.4 Å². The Hall–Kier alpha value is -3.14. The first kappa shape index (κ1) is 28.4. The summed E-state index contributed by atoms with van der Waals surface area (Å²) in [5, 5.41) is 3.31. The number of halogens is 3. The average Bonchev–Trinajstić information content (AvgIpc) is 2.86. The van der Waals surface area contributed by atoms with Gasteiger partial charge in [0.05, 0.1) is 10.6 Å². The molecule has 0 aliphatic carbocycles. The predicted molar refractivity (Wildman–Crippen MR) is 143 cm³/mol. The van der Waals surface area contributed by atoms with Gasteiger partial charge in [0.1, 0.15) is 18.4 Å². The number of anilines is 1. The molecule has 0 fully saturated rings. The lowest BCUT2D eigenvalue weighted by atomic mass is 10.1. The van der Waals surface area contributed by atoms with Gasteiger partial charge in [-0.25, -0.2) is 12.8 Å². The number of carbonyl (C=O) groups excluding carboxylic acids is 2. The standard InChI is InChI=1S/C26H26Cl2FN3O4S/c1-3-30-26(34)18(2)31(16-19-7-11-22(29)12-8-19)25(33)17-32(23-6-4-5-21(28)15-23)37(35,36)24-13-9-20(27)10-14-24/h4-15,18H,3,16-17H2,1-2H3,(H,30,34)/t18-/m1/s1. The summed E-state index contributed by atoms with van der Waals surface area (Å²) in [7, 11) is -4.23. The molecule has 37 heavy (non-hydrogen) atoms. The minimum atomic E-state index is -4.23. The maximum atomic E-state index is 13.7. The molecule has 0 unspecified atom stereocenters. The maximum absolute atomic E-state index is 13.7. The second kappa shape index (κ2) is 12.4. The first-order valence-electron chi connectivity index (χ1n) is 11.4. The molecule has 0 saturated carbocycles. The van der Waals surface area contributed by atoms with E-state index in [9.17, 15) is 22.4 Å². The fraction of sp³-hybridized carbons (Fsp3) is 0.231. The van der Waals surface area contributed by atoms with E-state index in [4.69, 9.17) is 23.2 Å². The molecule has 196 valence electrons. The molecule has 11 heteroatoms. The SMILES string of the molecule is CCNC(=O)[C@@H](C)N(Cc1ccc(F)cc1)C(=O)CN(c1cccc(Cl)c1)S(=O)(=O)c1ccc(Cl)cc1. The van der Waals surface area contributed by atoms with Crippen molar-refractivity contribution in [1.29, 1.82) is 0 Å². The molecule has 0 aliphatic heterocycles. The van der Waals surface area contributed by atoms with Crippen molar-refractivity contribution in [2.75, 3.05) is 17.4 Å². The lowest BCUT2D eigenvalue weighted by molar-refractivity contribution is -0.139. The lowest BCUT2D eigenvalue weighted by Crippen LogP contribution is -2.51. The van der Waals surface area contributed by atoms with Crippen LogP contribution in [0.15, 0.2) is 77.7 Å². The largest absolute Gasteiger partial charge is 0.355 e. The van der Waals surface area contributed by atoms with Crippen LogP contribution in [0.2, 0.25) is 10.0 Å². The molecular formula is C26H26Cl2FN3O4S. The molecule has 3 rings (SSSR count). The highest BCUT2D eigenvalue weighted by atomic mass is 35.5. The Kier molecular flexibility index (Phi) is 9.53. The molecule has 0 saturated heterocycles. The normalized spacial score (nSPS) is 12.0. The third kappa shape index (κ3) is 7.21. The Balaban J connectivity index is 2.02. The highest BCUT2D eigenvalue weighted by molar-refractivity contribution is 7.92. The summed E-state index contributed by atoms with van der Waals surface area (Å²) in [6.45, 7) is 2.99. The molecule has 0 aliphatic rings. The number of rotatable bonds is 10. The second-order valence-electron chi connectivity index (χ2n) is 8.16. The van der Waals surface area contributed by atoms with Crippen LogP contribution in [0.25, 0.3) is 0 Å². The molecule has 0 aromatic heterocycles. The van der Waals surface area contributed by atoms with Gasteiger partial charge < -0.3 is 10.2 Å². The molecule has 0 spiro atoms. The number of hydrogen-bond donors (Lipinski definition) is 1.